The summed E-state index contributed by atoms with van der Waals surface area (Å²) in [5.74, 6) is -0.00779. The van der Waals surface area contributed by atoms with E-state index in [1.165, 1.54) is 13.2 Å². The standard InChI is InChI=1S/C12H13ClF3NO3/c1-19-10-3-2-8(6-9(10)13)17-11(18)4-5-20-7-12(14,15)16/h2-3,6H,4-5,7H2,1H3,(H,17,18). The van der Waals surface area contributed by atoms with Crippen LogP contribution in [0.1, 0.15) is 6.42 Å². The van der Waals surface area contributed by atoms with Crippen LogP contribution in [-0.2, 0) is 9.53 Å². The third-order valence-electron chi connectivity index (χ3n) is 2.17. The topological polar surface area (TPSA) is 47.6 Å². The van der Waals surface area contributed by atoms with Crippen molar-refractivity contribution < 1.29 is 27.4 Å². The molecule has 0 saturated carbocycles. The number of methoxy groups -OCH3 is 1. The Morgan fingerprint density at radius 1 is 1.40 bits per heavy atom. The molecule has 0 aliphatic carbocycles. The maximum Gasteiger partial charge on any atom is 0.411 e. The van der Waals surface area contributed by atoms with Crippen LogP contribution in [0.4, 0.5) is 18.9 Å². The number of carbonyl (C=O) groups is 1. The molecule has 1 aromatic carbocycles. The van der Waals surface area contributed by atoms with Crippen molar-refractivity contribution in [3.63, 3.8) is 0 Å². The van der Waals surface area contributed by atoms with E-state index in [2.05, 4.69) is 10.1 Å². The Labute approximate surface area is 118 Å². The second-order valence-corrected chi connectivity index (χ2v) is 4.22. The molecule has 20 heavy (non-hydrogen) atoms. The van der Waals surface area contributed by atoms with Gasteiger partial charge in [-0.25, -0.2) is 0 Å². The van der Waals surface area contributed by atoms with E-state index < -0.39 is 18.7 Å². The Bertz CT molecular complexity index is 466. The average Bonchev–Trinajstić information content (AvgIpc) is 2.34. The quantitative estimate of drug-likeness (QED) is 0.820. The first-order valence-electron chi connectivity index (χ1n) is 5.59. The van der Waals surface area contributed by atoms with Crippen LogP contribution >= 0.6 is 11.6 Å². The highest BCUT2D eigenvalue weighted by Crippen LogP contribution is 2.27. The summed E-state index contributed by atoms with van der Waals surface area (Å²) in [5, 5.41) is 2.81. The second kappa shape index (κ2) is 7.35. The van der Waals surface area contributed by atoms with Gasteiger partial charge >= 0.3 is 6.18 Å². The average molecular weight is 312 g/mol. The van der Waals surface area contributed by atoms with Gasteiger partial charge in [0.1, 0.15) is 12.4 Å². The summed E-state index contributed by atoms with van der Waals surface area (Å²) in [6.45, 7) is -1.68. The number of carbonyl (C=O) groups excluding carboxylic acids is 1. The zero-order valence-corrected chi connectivity index (χ0v) is 11.3. The van der Waals surface area contributed by atoms with E-state index in [4.69, 9.17) is 16.3 Å². The number of hydrogen-bond acceptors (Lipinski definition) is 3. The predicted molar refractivity (Wildman–Crippen MR) is 68.1 cm³/mol. The Balaban J connectivity index is 2.37. The molecule has 0 radical (unpaired) electrons. The summed E-state index contributed by atoms with van der Waals surface area (Å²) in [6.07, 6.45) is -4.57. The van der Waals surface area contributed by atoms with Crippen LogP contribution in [0.25, 0.3) is 0 Å². The van der Waals surface area contributed by atoms with Crippen LogP contribution < -0.4 is 10.1 Å². The van der Waals surface area contributed by atoms with Gasteiger partial charge in [-0.2, -0.15) is 13.2 Å². The number of anilines is 1. The second-order valence-electron chi connectivity index (χ2n) is 3.82. The lowest BCUT2D eigenvalue weighted by atomic mass is 10.3. The summed E-state index contributed by atoms with van der Waals surface area (Å²) in [7, 11) is 1.46. The van der Waals surface area contributed by atoms with E-state index in [9.17, 15) is 18.0 Å². The summed E-state index contributed by atoms with van der Waals surface area (Å²) in [4.78, 5) is 11.5. The van der Waals surface area contributed by atoms with Crippen molar-refractivity contribution in [2.45, 2.75) is 12.6 Å². The van der Waals surface area contributed by atoms with Crippen molar-refractivity contribution in [1.82, 2.24) is 0 Å². The van der Waals surface area contributed by atoms with Crippen molar-refractivity contribution in [2.75, 3.05) is 25.6 Å². The predicted octanol–water partition coefficient (Wildman–Crippen LogP) is 3.26. The fourth-order valence-electron chi connectivity index (χ4n) is 1.32. The highest BCUT2D eigenvalue weighted by Gasteiger charge is 2.27. The van der Waals surface area contributed by atoms with Gasteiger partial charge in [-0.05, 0) is 18.2 Å². The van der Waals surface area contributed by atoms with Gasteiger partial charge in [-0.15, -0.1) is 0 Å². The summed E-state index contributed by atoms with van der Waals surface area (Å²) in [6, 6.07) is 4.62. The molecule has 1 amide bonds. The molecule has 1 rings (SSSR count). The van der Waals surface area contributed by atoms with Crippen LogP contribution in [0.5, 0.6) is 5.75 Å². The Kier molecular flexibility index (Phi) is 6.09. The van der Waals surface area contributed by atoms with Crippen LogP contribution in [0.3, 0.4) is 0 Å². The van der Waals surface area contributed by atoms with Crippen molar-refractivity contribution >= 4 is 23.2 Å². The number of benzene rings is 1. The van der Waals surface area contributed by atoms with E-state index in [-0.39, 0.29) is 13.0 Å². The third kappa shape index (κ3) is 6.12. The van der Waals surface area contributed by atoms with Gasteiger partial charge in [0.2, 0.25) is 5.91 Å². The molecule has 0 spiro atoms. The fourth-order valence-corrected chi connectivity index (χ4v) is 1.58. The molecular formula is C12H13ClF3NO3. The molecule has 0 bridgehead atoms. The lowest BCUT2D eigenvalue weighted by Crippen LogP contribution is -2.20. The normalized spacial score (nSPS) is 11.2. The monoisotopic (exact) mass is 311 g/mol. The van der Waals surface area contributed by atoms with Gasteiger partial charge in [-0.1, -0.05) is 11.6 Å². The van der Waals surface area contributed by atoms with Gasteiger partial charge in [-0.3, -0.25) is 4.79 Å². The molecule has 0 aromatic heterocycles. The molecule has 0 atom stereocenters. The Morgan fingerprint density at radius 3 is 2.65 bits per heavy atom. The molecule has 0 aliphatic rings. The molecule has 1 N–H and O–H groups in total. The van der Waals surface area contributed by atoms with E-state index in [1.807, 2.05) is 0 Å². The first-order valence-corrected chi connectivity index (χ1v) is 5.97. The Hall–Kier alpha value is -1.47. The Morgan fingerprint density at radius 2 is 2.10 bits per heavy atom. The van der Waals surface area contributed by atoms with E-state index in [0.717, 1.165) is 0 Å². The molecular weight excluding hydrogens is 299 g/mol. The minimum absolute atomic E-state index is 0.181. The first-order chi connectivity index (χ1) is 9.31. The van der Waals surface area contributed by atoms with E-state index in [1.54, 1.807) is 12.1 Å². The van der Waals surface area contributed by atoms with Gasteiger partial charge in [0.05, 0.1) is 25.2 Å². The molecule has 112 valence electrons. The van der Waals surface area contributed by atoms with Crippen molar-refractivity contribution in [3.05, 3.63) is 23.2 Å². The first kappa shape index (κ1) is 16.6. The number of amides is 1. The van der Waals surface area contributed by atoms with Crippen LogP contribution in [0.15, 0.2) is 18.2 Å². The molecule has 0 fully saturated rings. The van der Waals surface area contributed by atoms with Gasteiger partial charge < -0.3 is 14.8 Å². The molecule has 1 aromatic rings. The lowest BCUT2D eigenvalue weighted by molar-refractivity contribution is -0.174. The van der Waals surface area contributed by atoms with Crippen LogP contribution in [0, 0.1) is 0 Å². The SMILES string of the molecule is COc1ccc(NC(=O)CCOCC(F)(F)F)cc1Cl. The van der Waals surface area contributed by atoms with Crippen LogP contribution in [-0.4, -0.2) is 32.4 Å². The largest absolute Gasteiger partial charge is 0.495 e. The maximum atomic E-state index is 11.8. The van der Waals surface area contributed by atoms with E-state index >= 15 is 0 Å². The summed E-state index contributed by atoms with van der Waals surface area (Å²) < 4.78 is 44.7. The van der Waals surface area contributed by atoms with Crippen molar-refractivity contribution in [2.24, 2.45) is 0 Å². The minimum atomic E-state index is -4.39. The molecule has 0 heterocycles. The number of alkyl halides is 3. The number of halogens is 4. The smallest absolute Gasteiger partial charge is 0.411 e. The summed E-state index contributed by atoms with van der Waals surface area (Å²) in [5.41, 5.74) is 0.427. The van der Waals surface area contributed by atoms with E-state index in [0.29, 0.717) is 16.5 Å². The fraction of sp³-hybridized carbons (Fsp3) is 0.417. The summed E-state index contributed by atoms with van der Waals surface area (Å²) >= 11 is 5.86. The molecule has 8 heteroatoms. The lowest BCUT2D eigenvalue weighted by Gasteiger charge is -2.09. The van der Waals surface area contributed by atoms with Gasteiger partial charge in [0, 0.05) is 5.69 Å². The number of ether oxygens (including phenoxy) is 2. The zero-order valence-electron chi connectivity index (χ0n) is 10.6. The molecule has 0 unspecified atom stereocenters. The highest BCUT2D eigenvalue weighted by molar-refractivity contribution is 6.32. The van der Waals surface area contributed by atoms with Crippen LogP contribution in [0.2, 0.25) is 5.02 Å². The number of hydrogen-bond donors (Lipinski definition) is 1. The minimum Gasteiger partial charge on any atom is -0.495 e. The number of rotatable bonds is 6. The maximum absolute atomic E-state index is 11.8. The molecule has 0 aliphatic heterocycles. The molecule has 4 nitrogen and oxygen atoms in total. The van der Waals surface area contributed by atoms with Gasteiger partial charge in [0.15, 0.2) is 0 Å². The van der Waals surface area contributed by atoms with Gasteiger partial charge in [0.25, 0.3) is 0 Å². The third-order valence-corrected chi connectivity index (χ3v) is 2.47. The zero-order chi connectivity index (χ0) is 15.2. The highest BCUT2D eigenvalue weighted by atomic mass is 35.5. The molecule has 0 saturated heterocycles. The number of nitrogens with one attached hydrogen (secondary N) is 1. The van der Waals surface area contributed by atoms with Crippen molar-refractivity contribution in [1.29, 1.82) is 0 Å². The van der Waals surface area contributed by atoms with Crippen molar-refractivity contribution in [3.8, 4) is 5.75 Å².